The Morgan fingerprint density at radius 3 is 2.36 bits per heavy atom. The molecule has 2 atom stereocenters. The summed E-state index contributed by atoms with van der Waals surface area (Å²) in [5.41, 5.74) is 0. The van der Waals surface area contributed by atoms with Crippen LogP contribution in [0.15, 0.2) is 0 Å². The summed E-state index contributed by atoms with van der Waals surface area (Å²) in [4.78, 5) is 14.2. The van der Waals surface area contributed by atoms with E-state index in [4.69, 9.17) is 0 Å². The first-order valence-corrected chi connectivity index (χ1v) is 10.0. The lowest BCUT2D eigenvalue weighted by Crippen LogP contribution is -2.52. The maximum absolute atomic E-state index is 12.2. The minimum atomic E-state index is -3.10. The highest BCUT2D eigenvalue weighted by atomic mass is 32.2. The minimum absolute atomic E-state index is 0.0746. The van der Waals surface area contributed by atoms with E-state index >= 15 is 0 Å². The molecule has 0 radical (unpaired) electrons. The third kappa shape index (κ3) is 4.67. The molecule has 1 N–H and O–H groups in total. The second-order valence-electron chi connectivity index (χ2n) is 6.51. The van der Waals surface area contributed by atoms with Crippen LogP contribution in [-0.4, -0.2) is 68.0 Å². The van der Waals surface area contributed by atoms with Crippen LogP contribution in [0.2, 0.25) is 0 Å². The Balaban J connectivity index is 1.75. The van der Waals surface area contributed by atoms with Gasteiger partial charge in [0, 0.05) is 32.2 Å². The van der Waals surface area contributed by atoms with Gasteiger partial charge in [-0.1, -0.05) is 19.8 Å². The molecule has 1 heterocycles. The molecule has 2 rings (SSSR count). The van der Waals surface area contributed by atoms with E-state index in [9.17, 15) is 13.2 Å². The summed E-state index contributed by atoms with van der Waals surface area (Å²) in [5.74, 6) is 0.780. The van der Waals surface area contributed by atoms with Gasteiger partial charge in [0.1, 0.15) is 0 Å². The lowest BCUT2D eigenvalue weighted by Gasteiger charge is -2.34. The molecular formula is C15H29N3O3S. The molecule has 0 aromatic rings. The van der Waals surface area contributed by atoms with Crippen molar-refractivity contribution in [3.05, 3.63) is 0 Å². The SMILES string of the molecule is CCS(=O)(=O)N1CCN(CC(=O)NC2CCCCC2C)CC1. The van der Waals surface area contributed by atoms with Gasteiger partial charge in [0.15, 0.2) is 0 Å². The molecule has 0 aromatic heterocycles. The van der Waals surface area contributed by atoms with Gasteiger partial charge in [-0.25, -0.2) is 8.42 Å². The van der Waals surface area contributed by atoms with Crippen molar-refractivity contribution in [2.24, 2.45) is 5.92 Å². The normalized spacial score (nSPS) is 28.5. The zero-order valence-corrected chi connectivity index (χ0v) is 14.6. The van der Waals surface area contributed by atoms with Crippen LogP contribution in [0.5, 0.6) is 0 Å². The Labute approximate surface area is 134 Å². The fourth-order valence-electron chi connectivity index (χ4n) is 3.33. The van der Waals surface area contributed by atoms with Crippen LogP contribution >= 0.6 is 0 Å². The topological polar surface area (TPSA) is 69.7 Å². The molecule has 1 saturated heterocycles. The van der Waals surface area contributed by atoms with Crippen molar-refractivity contribution in [1.82, 2.24) is 14.5 Å². The summed E-state index contributed by atoms with van der Waals surface area (Å²) in [6.07, 6.45) is 4.73. The maximum Gasteiger partial charge on any atom is 0.234 e. The predicted octanol–water partition coefficient (Wildman–Crippen LogP) is 0.649. The van der Waals surface area contributed by atoms with Crippen LogP contribution in [-0.2, 0) is 14.8 Å². The van der Waals surface area contributed by atoms with Gasteiger partial charge >= 0.3 is 0 Å². The lowest BCUT2D eigenvalue weighted by atomic mass is 9.86. The number of carbonyl (C=O) groups is 1. The zero-order valence-electron chi connectivity index (χ0n) is 13.8. The smallest absolute Gasteiger partial charge is 0.234 e. The summed E-state index contributed by atoms with van der Waals surface area (Å²) in [5, 5.41) is 3.16. The third-order valence-electron chi connectivity index (χ3n) is 4.91. The monoisotopic (exact) mass is 331 g/mol. The van der Waals surface area contributed by atoms with Crippen LogP contribution in [0.25, 0.3) is 0 Å². The fraction of sp³-hybridized carbons (Fsp3) is 0.933. The first kappa shape index (κ1) is 17.7. The van der Waals surface area contributed by atoms with Gasteiger partial charge < -0.3 is 5.32 Å². The number of nitrogens with zero attached hydrogens (tertiary/aromatic N) is 2. The second-order valence-corrected chi connectivity index (χ2v) is 8.77. The van der Waals surface area contributed by atoms with Gasteiger partial charge in [0.2, 0.25) is 15.9 Å². The molecule has 128 valence electrons. The average molecular weight is 331 g/mol. The number of sulfonamides is 1. The Kier molecular flexibility index (Phi) is 6.23. The van der Waals surface area contributed by atoms with Crippen LogP contribution in [0, 0.1) is 5.92 Å². The van der Waals surface area contributed by atoms with Gasteiger partial charge in [-0.15, -0.1) is 0 Å². The molecule has 1 saturated carbocycles. The Bertz CT molecular complexity index is 472. The van der Waals surface area contributed by atoms with E-state index in [2.05, 4.69) is 12.2 Å². The van der Waals surface area contributed by atoms with Crippen molar-refractivity contribution in [1.29, 1.82) is 0 Å². The van der Waals surface area contributed by atoms with Gasteiger partial charge in [-0.05, 0) is 25.7 Å². The molecule has 1 amide bonds. The number of rotatable bonds is 5. The highest BCUT2D eigenvalue weighted by molar-refractivity contribution is 7.89. The average Bonchev–Trinajstić information content (AvgIpc) is 2.50. The molecule has 7 heteroatoms. The first-order chi connectivity index (χ1) is 10.4. The molecule has 2 fully saturated rings. The summed E-state index contributed by atoms with van der Waals surface area (Å²) in [7, 11) is -3.10. The highest BCUT2D eigenvalue weighted by Gasteiger charge is 2.27. The van der Waals surface area contributed by atoms with E-state index in [-0.39, 0.29) is 11.7 Å². The Hall–Kier alpha value is -0.660. The van der Waals surface area contributed by atoms with Crippen LogP contribution in [0.1, 0.15) is 39.5 Å². The van der Waals surface area contributed by atoms with E-state index in [0.29, 0.717) is 44.7 Å². The van der Waals surface area contributed by atoms with E-state index in [1.807, 2.05) is 4.90 Å². The van der Waals surface area contributed by atoms with Crippen LogP contribution < -0.4 is 5.32 Å². The van der Waals surface area contributed by atoms with Crippen molar-refractivity contribution in [3.8, 4) is 0 Å². The summed E-state index contributed by atoms with van der Waals surface area (Å²) in [6.45, 7) is 6.49. The molecule has 0 spiro atoms. The van der Waals surface area contributed by atoms with Crippen molar-refractivity contribution in [2.45, 2.75) is 45.6 Å². The van der Waals surface area contributed by atoms with Gasteiger partial charge in [0.25, 0.3) is 0 Å². The van der Waals surface area contributed by atoms with E-state index in [1.165, 1.54) is 23.6 Å². The predicted molar refractivity (Wildman–Crippen MR) is 87.0 cm³/mol. The largest absolute Gasteiger partial charge is 0.352 e. The van der Waals surface area contributed by atoms with Crippen molar-refractivity contribution in [2.75, 3.05) is 38.5 Å². The first-order valence-electron chi connectivity index (χ1n) is 8.42. The summed E-state index contributed by atoms with van der Waals surface area (Å²) in [6, 6.07) is 0.308. The number of amides is 1. The molecule has 22 heavy (non-hydrogen) atoms. The molecular weight excluding hydrogens is 302 g/mol. The van der Waals surface area contributed by atoms with Crippen molar-refractivity contribution in [3.63, 3.8) is 0 Å². The minimum Gasteiger partial charge on any atom is -0.352 e. The molecule has 1 aliphatic carbocycles. The summed E-state index contributed by atoms with van der Waals surface area (Å²) >= 11 is 0. The number of carbonyl (C=O) groups excluding carboxylic acids is 1. The molecule has 6 nitrogen and oxygen atoms in total. The van der Waals surface area contributed by atoms with Gasteiger partial charge in [-0.2, -0.15) is 4.31 Å². The highest BCUT2D eigenvalue weighted by Crippen LogP contribution is 2.23. The van der Waals surface area contributed by atoms with Gasteiger partial charge in [0.05, 0.1) is 12.3 Å². The molecule has 1 aliphatic heterocycles. The molecule has 0 bridgehead atoms. The molecule has 0 aromatic carbocycles. The van der Waals surface area contributed by atoms with Gasteiger partial charge in [-0.3, -0.25) is 9.69 Å². The zero-order chi connectivity index (χ0) is 16.2. The van der Waals surface area contributed by atoms with Crippen LogP contribution in [0.3, 0.4) is 0 Å². The number of hydrogen-bond acceptors (Lipinski definition) is 4. The second kappa shape index (κ2) is 7.75. The number of hydrogen-bond donors (Lipinski definition) is 1. The third-order valence-corrected chi connectivity index (χ3v) is 6.80. The Morgan fingerprint density at radius 1 is 1.14 bits per heavy atom. The van der Waals surface area contributed by atoms with E-state index in [1.54, 1.807) is 6.92 Å². The van der Waals surface area contributed by atoms with Crippen LogP contribution in [0.4, 0.5) is 0 Å². The lowest BCUT2D eigenvalue weighted by molar-refractivity contribution is -0.123. The standard InChI is InChI=1S/C15H29N3O3S/c1-3-22(20,21)18-10-8-17(9-11-18)12-15(19)16-14-7-5-4-6-13(14)2/h13-14H,3-12H2,1-2H3,(H,16,19). The van der Waals surface area contributed by atoms with Crippen molar-refractivity contribution >= 4 is 15.9 Å². The maximum atomic E-state index is 12.2. The Morgan fingerprint density at radius 2 is 1.77 bits per heavy atom. The quantitative estimate of drug-likeness (QED) is 0.803. The molecule has 2 unspecified atom stereocenters. The van der Waals surface area contributed by atoms with Crippen molar-refractivity contribution < 1.29 is 13.2 Å². The molecule has 2 aliphatic rings. The number of nitrogens with one attached hydrogen (secondary N) is 1. The summed E-state index contributed by atoms with van der Waals surface area (Å²) < 4.78 is 25.2. The number of piperazine rings is 1. The van der Waals surface area contributed by atoms with E-state index in [0.717, 1.165) is 6.42 Å². The fourth-order valence-corrected chi connectivity index (χ4v) is 4.42. The van der Waals surface area contributed by atoms with E-state index < -0.39 is 10.0 Å².